The minimum absolute atomic E-state index is 0.321. The number of aldehydes is 1. The van der Waals surface area contributed by atoms with Gasteiger partial charge in [0, 0.05) is 23.1 Å². The van der Waals surface area contributed by atoms with Gasteiger partial charge in [-0.1, -0.05) is 12.2 Å². The fraction of sp³-hybridized carbons (Fsp3) is 0.471. The molecule has 0 heterocycles. The number of hydrogen-bond acceptors (Lipinski definition) is 3. The summed E-state index contributed by atoms with van der Waals surface area (Å²) in [5.74, 6) is 0.678. The highest BCUT2D eigenvalue weighted by Gasteiger charge is 2.19. The number of fused-ring (bicyclic) bond motifs is 1. The van der Waals surface area contributed by atoms with Crippen molar-refractivity contribution >= 4 is 6.29 Å². The first kappa shape index (κ1) is 14.6. The maximum Gasteiger partial charge on any atom is 0.122 e. The van der Waals surface area contributed by atoms with E-state index in [4.69, 9.17) is 0 Å². The summed E-state index contributed by atoms with van der Waals surface area (Å²) in [6, 6.07) is 1.69. The molecule has 1 aromatic rings. The Kier molecular flexibility index (Phi) is 5.22. The molecule has 0 aliphatic heterocycles. The number of unbranched alkanes of at least 4 members (excludes halogenated alkanes) is 2. The quantitative estimate of drug-likeness (QED) is 0.361. The highest BCUT2D eigenvalue weighted by molar-refractivity contribution is 5.54. The van der Waals surface area contributed by atoms with Crippen LogP contribution in [0, 0.1) is 0 Å². The van der Waals surface area contributed by atoms with Crippen molar-refractivity contribution in [2.75, 3.05) is 0 Å². The van der Waals surface area contributed by atoms with Crippen LogP contribution >= 0.6 is 0 Å². The SMILES string of the molecule is O=CCCCC=CCc1cc(O)c2c(c1O)CCCC2. The van der Waals surface area contributed by atoms with Crippen LogP contribution in [0.4, 0.5) is 0 Å². The van der Waals surface area contributed by atoms with Gasteiger partial charge < -0.3 is 15.0 Å². The van der Waals surface area contributed by atoms with Crippen LogP contribution in [0.3, 0.4) is 0 Å². The van der Waals surface area contributed by atoms with Gasteiger partial charge in [0.15, 0.2) is 0 Å². The van der Waals surface area contributed by atoms with Crippen molar-refractivity contribution < 1.29 is 15.0 Å². The maximum atomic E-state index is 10.3. The van der Waals surface area contributed by atoms with Gasteiger partial charge in [-0.2, -0.15) is 0 Å². The van der Waals surface area contributed by atoms with E-state index in [0.717, 1.165) is 61.5 Å². The molecule has 2 N–H and O–H groups in total. The Morgan fingerprint density at radius 2 is 1.80 bits per heavy atom. The predicted molar refractivity (Wildman–Crippen MR) is 79.2 cm³/mol. The van der Waals surface area contributed by atoms with Gasteiger partial charge in [-0.3, -0.25) is 0 Å². The molecule has 0 saturated heterocycles. The van der Waals surface area contributed by atoms with Crippen LogP contribution in [-0.4, -0.2) is 16.5 Å². The van der Waals surface area contributed by atoms with E-state index in [9.17, 15) is 15.0 Å². The van der Waals surface area contributed by atoms with Gasteiger partial charge in [0.05, 0.1) is 0 Å². The van der Waals surface area contributed by atoms with Crippen molar-refractivity contribution in [2.45, 2.75) is 51.4 Å². The van der Waals surface area contributed by atoms with Gasteiger partial charge in [-0.15, -0.1) is 0 Å². The first-order valence-electron chi connectivity index (χ1n) is 7.38. The lowest BCUT2D eigenvalue weighted by molar-refractivity contribution is -0.107. The Morgan fingerprint density at radius 3 is 2.55 bits per heavy atom. The zero-order valence-electron chi connectivity index (χ0n) is 11.8. The number of aromatic hydroxyl groups is 2. The van der Waals surface area contributed by atoms with E-state index < -0.39 is 0 Å². The second-order valence-corrected chi connectivity index (χ2v) is 5.34. The zero-order valence-corrected chi connectivity index (χ0v) is 11.8. The van der Waals surface area contributed by atoms with E-state index in [0.29, 0.717) is 24.3 Å². The van der Waals surface area contributed by atoms with Crippen LogP contribution in [0.15, 0.2) is 18.2 Å². The molecular weight excluding hydrogens is 252 g/mol. The monoisotopic (exact) mass is 274 g/mol. The third-order valence-corrected chi connectivity index (χ3v) is 3.88. The summed E-state index contributed by atoms with van der Waals surface area (Å²) < 4.78 is 0. The largest absolute Gasteiger partial charge is 0.508 e. The average Bonchev–Trinajstić information content (AvgIpc) is 2.47. The number of benzene rings is 1. The van der Waals surface area contributed by atoms with E-state index >= 15 is 0 Å². The number of allylic oxidation sites excluding steroid dienone is 2. The molecule has 0 radical (unpaired) electrons. The normalized spacial score (nSPS) is 14.4. The molecule has 1 aliphatic rings. The number of carbonyl (C=O) groups is 1. The molecule has 3 heteroatoms. The van der Waals surface area contributed by atoms with Crippen molar-refractivity contribution in [1.29, 1.82) is 0 Å². The molecule has 0 atom stereocenters. The average molecular weight is 274 g/mol. The van der Waals surface area contributed by atoms with E-state index in [1.807, 2.05) is 12.2 Å². The summed E-state index contributed by atoms with van der Waals surface area (Å²) in [6.07, 6.45) is 11.8. The lowest BCUT2D eigenvalue weighted by Crippen LogP contribution is -2.04. The Morgan fingerprint density at radius 1 is 1.05 bits per heavy atom. The zero-order chi connectivity index (χ0) is 14.4. The van der Waals surface area contributed by atoms with E-state index in [1.54, 1.807) is 6.07 Å². The Bertz CT molecular complexity index is 503. The van der Waals surface area contributed by atoms with Gasteiger partial charge in [0.2, 0.25) is 0 Å². The van der Waals surface area contributed by atoms with Gasteiger partial charge in [0.1, 0.15) is 17.8 Å². The molecule has 2 rings (SSSR count). The molecule has 20 heavy (non-hydrogen) atoms. The molecule has 0 unspecified atom stereocenters. The smallest absolute Gasteiger partial charge is 0.122 e. The Balaban J connectivity index is 2.05. The third kappa shape index (κ3) is 3.41. The van der Waals surface area contributed by atoms with Crippen LogP contribution in [0.2, 0.25) is 0 Å². The number of carbonyl (C=O) groups excluding carboxylic acids is 1. The van der Waals surface area contributed by atoms with Crippen molar-refractivity contribution in [3.05, 3.63) is 34.9 Å². The second kappa shape index (κ2) is 7.13. The number of rotatable bonds is 6. The summed E-state index contributed by atoms with van der Waals surface area (Å²) in [4.78, 5) is 10.2. The summed E-state index contributed by atoms with van der Waals surface area (Å²) in [7, 11) is 0. The number of hydrogen-bond donors (Lipinski definition) is 2. The molecule has 1 aliphatic carbocycles. The highest BCUT2D eigenvalue weighted by Crippen LogP contribution is 2.38. The Hall–Kier alpha value is -1.77. The topological polar surface area (TPSA) is 57.5 Å². The minimum atomic E-state index is 0.321. The van der Waals surface area contributed by atoms with E-state index in [1.165, 1.54) is 0 Å². The van der Waals surface area contributed by atoms with Gasteiger partial charge >= 0.3 is 0 Å². The molecule has 0 spiro atoms. The van der Waals surface area contributed by atoms with Crippen LogP contribution in [0.5, 0.6) is 11.5 Å². The van der Waals surface area contributed by atoms with Gasteiger partial charge in [0.25, 0.3) is 0 Å². The molecule has 0 aromatic heterocycles. The maximum absolute atomic E-state index is 10.3. The molecule has 1 aromatic carbocycles. The van der Waals surface area contributed by atoms with Gasteiger partial charge in [-0.05, 0) is 51.0 Å². The molecular formula is C17H22O3. The van der Waals surface area contributed by atoms with E-state index in [2.05, 4.69) is 0 Å². The van der Waals surface area contributed by atoms with Crippen LogP contribution < -0.4 is 0 Å². The molecule has 3 nitrogen and oxygen atoms in total. The first-order valence-corrected chi connectivity index (χ1v) is 7.38. The lowest BCUT2D eigenvalue weighted by Gasteiger charge is -2.20. The summed E-state index contributed by atoms with van der Waals surface area (Å²) in [6.45, 7) is 0. The Labute approximate surface area is 120 Å². The van der Waals surface area contributed by atoms with Gasteiger partial charge in [-0.25, -0.2) is 0 Å². The fourth-order valence-corrected chi connectivity index (χ4v) is 2.77. The molecule has 0 fully saturated rings. The molecule has 0 amide bonds. The third-order valence-electron chi connectivity index (χ3n) is 3.88. The summed E-state index contributed by atoms with van der Waals surface area (Å²) in [5.41, 5.74) is 2.64. The fourth-order valence-electron chi connectivity index (χ4n) is 2.77. The standard InChI is InChI=1S/C17H22O3/c18-11-7-3-1-2-4-8-13-12-16(19)14-9-5-6-10-15(14)17(13)20/h2,4,11-12,19-20H,1,3,5-10H2. The second-order valence-electron chi connectivity index (χ2n) is 5.34. The van der Waals surface area contributed by atoms with Crippen LogP contribution in [-0.2, 0) is 24.1 Å². The molecule has 0 saturated carbocycles. The number of phenolic OH excluding ortho intramolecular Hbond substituents is 2. The first-order chi connectivity index (χ1) is 9.74. The van der Waals surface area contributed by atoms with Crippen molar-refractivity contribution in [2.24, 2.45) is 0 Å². The molecule has 108 valence electrons. The minimum Gasteiger partial charge on any atom is -0.508 e. The van der Waals surface area contributed by atoms with Crippen LogP contribution in [0.25, 0.3) is 0 Å². The number of phenols is 2. The van der Waals surface area contributed by atoms with Crippen molar-refractivity contribution in [1.82, 2.24) is 0 Å². The van der Waals surface area contributed by atoms with Crippen LogP contribution in [0.1, 0.15) is 48.8 Å². The van der Waals surface area contributed by atoms with Crippen molar-refractivity contribution in [3.63, 3.8) is 0 Å². The molecule has 0 bridgehead atoms. The van der Waals surface area contributed by atoms with E-state index in [-0.39, 0.29) is 0 Å². The summed E-state index contributed by atoms with van der Waals surface area (Å²) >= 11 is 0. The lowest BCUT2D eigenvalue weighted by atomic mass is 9.88. The van der Waals surface area contributed by atoms with Crippen molar-refractivity contribution in [3.8, 4) is 11.5 Å². The predicted octanol–water partition coefficient (Wildman–Crippen LogP) is 3.44. The highest BCUT2D eigenvalue weighted by atomic mass is 16.3. The summed E-state index contributed by atoms with van der Waals surface area (Å²) in [5, 5.41) is 20.4.